The zero-order valence-electron chi connectivity index (χ0n) is 15.8. The van der Waals surface area contributed by atoms with Gasteiger partial charge in [0.25, 0.3) is 0 Å². The van der Waals surface area contributed by atoms with E-state index in [1.54, 1.807) is 0 Å². The molecule has 0 spiro atoms. The molecule has 0 radical (unpaired) electrons. The van der Waals surface area contributed by atoms with Crippen molar-refractivity contribution in [2.75, 3.05) is 13.1 Å². The molecular weight excluding hydrogens is 322 g/mol. The van der Waals surface area contributed by atoms with E-state index in [4.69, 9.17) is 4.74 Å². The van der Waals surface area contributed by atoms with Crippen molar-refractivity contribution in [2.45, 2.75) is 52.0 Å². The Morgan fingerprint density at radius 1 is 1.12 bits per heavy atom. The smallest absolute Gasteiger partial charge is 0.311 e. The van der Waals surface area contributed by atoms with Gasteiger partial charge >= 0.3 is 5.97 Å². The molecule has 26 heavy (non-hydrogen) atoms. The van der Waals surface area contributed by atoms with Gasteiger partial charge in [-0.15, -0.1) is 0 Å². The molecule has 4 rings (SSSR count). The van der Waals surface area contributed by atoms with Crippen LogP contribution in [0.3, 0.4) is 0 Å². The van der Waals surface area contributed by atoms with E-state index in [-0.39, 0.29) is 5.97 Å². The van der Waals surface area contributed by atoms with E-state index in [1.165, 1.54) is 28.7 Å². The summed E-state index contributed by atoms with van der Waals surface area (Å²) in [7, 11) is 0. The van der Waals surface area contributed by atoms with Crippen molar-refractivity contribution in [2.24, 2.45) is 0 Å². The SMILES string of the molecule is CCCC(=O)Oc1cccc2c1-c1cccc3c1C(C2)N(CCC)CC3. The monoisotopic (exact) mass is 349 g/mol. The van der Waals surface area contributed by atoms with Gasteiger partial charge in [0.1, 0.15) is 5.75 Å². The molecule has 0 aromatic heterocycles. The maximum absolute atomic E-state index is 12.1. The molecule has 1 aliphatic carbocycles. The van der Waals surface area contributed by atoms with Gasteiger partial charge in [0.15, 0.2) is 0 Å². The van der Waals surface area contributed by atoms with Crippen LogP contribution in [0, 0.1) is 0 Å². The molecule has 3 heteroatoms. The van der Waals surface area contributed by atoms with Crippen LogP contribution in [0.5, 0.6) is 5.75 Å². The van der Waals surface area contributed by atoms with Gasteiger partial charge in [-0.3, -0.25) is 9.69 Å². The first kappa shape index (κ1) is 17.3. The van der Waals surface area contributed by atoms with E-state index < -0.39 is 0 Å². The lowest BCUT2D eigenvalue weighted by atomic mass is 9.77. The molecule has 1 unspecified atom stereocenters. The van der Waals surface area contributed by atoms with Crippen LogP contribution in [-0.4, -0.2) is 24.0 Å². The second kappa shape index (κ2) is 7.24. The van der Waals surface area contributed by atoms with Crippen molar-refractivity contribution in [3.05, 3.63) is 53.1 Å². The Balaban J connectivity index is 1.81. The summed E-state index contributed by atoms with van der Waals surface area (Å²) in [4.78, 5) is 14.7. The molecule has 0 saturated carbocycles. The lowest BCUT2D eigenvalue weighted by Gasteiger charge is -2.41. The third kappa shape index (κ3) is 2.95. The normalized spacial score (nSPS) is 18.2. The Morgan fingerprint density at radius 3 is 2.73 bits per heavy atom. The third-order valence-electron chi connectivity index (χ3n) is 5.62. The summed E-state index contributed by atoms with van der Waals surface area (Å²) in [6.45, 7) is 6.53. The van der Waals surface area contributed by atoms with Gasteiger partial charge in [0.05, 0.1) is 0 Å². The van der Waals surface area contributed by atoms with Gasteiger partial charge in [0, 0.05) is 24.6 Å². The van der Waals surface area contributed by atoms with Crippen molar-refractivity contribution in [1.29, 1.82) is 0 Å². The highest BCUT2D eigenvalue weighted by atomic mass is 16.5. The van der Waals surface area contributed by atoms with Crippen molar-refractivity contribution in [1.82, 2.24) is 4.90 Å². The molecule has 0 fully saturated rings. The zero-order chi connectivity index (χ0) is 18.1. The second-order valence-corrected chi connectivity index (χ2v) is 7.40. The highest BCUT2D eigenvalue weighted by Gasteiger charge is 2.35. The minimum absolute atomic E-state index is 0.138. The third-order valence-corrected chi connectivity index (χ3v) is 5.62. The van der Waals surface area contributed by atoms with Crippen LogP contribution in [0.15, 0.2) is 36.4 Å². The molecule has 1 aliphatic heterocycles. The Kier molecular flexibility index (Phi) is 4.82. The number of carbonyl (C=O) groups is 1. The first-order chi connectivity index (χ1) is 12.7. The number of fused-ring (bicyclic) bond motifs is 2. The minimum Gasteiger partial charge on any atom is -0.426 e. The van der Waals surface area contributed by atoms with Crippen LogP contribution in [0.2, 0.25) is 0 Å². The van der Waals surface area contributed by atoms with E-state index in [0.717, 1.165) is 43.7 Å². The largest absolute Gasteiger partial charge is 0.426 e. The Labute approximate surface area is 156 Å². The topological polar surface area (TPSA) is 29.5 Å². The summed E-state index contributed by atoms with van der Waals surface area (Å²) in [6.07, 6.45) is 4.55. The van der Waals surface area contributed by atoms with Gasteiger partial charge in [-0.25, -0.2) is 0 Å². The molecule has 0 bridgehead atoms. The molecule has 2 aliphatic rings. The number of hydrogen-bond acceptors (Lipinski definition) is 3. The molecule has 2 aromatic rings. The number of nitrogens with zero attached hydrogens (tertiary/aromatic N) is 1. The average molecular weight is 349 g/mol. The molecule has 1 atom stereocenters. The predicted molar refractivity (Wildman–Crippen MR) is 104 cm³/mol. The van der Waals surface area contributed by atoms with Gasteiger partial charge < -0.3 is 4.74 Å². The Bertz CT molecular complexity index is 827. The summed E-state index contributed by atoms with van der Waals surface area (Å²) < 4.78 is 5.76. The average Bonchev–Trinajstić information content (AvgIpc) is 2.64. The zero-order valence-corrected chi connectivity index (χ0v) is 15.8. The molecule has 3 nitrogen and oxygen atoms in total. The fourth-order valence-corrected chi connectivity index (χ4v) is 4.55. The summed E-state index contributed by atoms with van der Waals surface area (Å²) in [5.74, 6) is 0.584. The van der Waals surface area contributed by atoms with Gasteiger partial charge in [0.2, 0.25) is 0 Å². The highest BCUT2D eigenvalue weighted by Crippen LogP contribution is 2.48. The van der Waals surface area contributed by atoms with Crippen LogP contribution in [0.4, 0.5) is 0 Å². The Morgan fingerprint density at radius 2 is 1.92 bits per heavy atom. The van der Waals surface area contributed by atoms with Crippen LogP contribution < -0.4 is 4.74 Å². The Hall–Kier alpha value is -2.13. The molecule has 0 amide bonds. The van der Waals surface area contributed by atoms with Crippen LogP contribution in [0.1, 0.15) is 55.8 Å². The lowest BCUT2D eigenvalue weighted by molar-refractivity contribution is -0.134. The van der Waals surface area contributed by atoms with Crippen LogP contribution in [0.25, 0.3) is 11.1 Å². The number of carbonyl (C=O) groups excluding carboxylic acids is 1. The van der Waals surface area contributed by atoms with Crippen molar-refractivity contribution < 1.29 is 9.53 Å². The van der Waals surface area contributed by atoms with Crippen LogP contribution >= 0.6 is 0 Å². The fraction of sp³-hybridized carbons (Fsp3) is 0.435. The molecule has 1 heterocycles. The molecule has 136 valence electrons. The molecular formula is C23H27NO2. The van der Waals surface area contributed by atoms with E-state index in [1.807, 2.05) is 19.1 Å². The number of benzene rings is 2. The molecule has 0 N–H and O–H groups in total. The first-order valence-corrected chi connectivity index (χ1v) is 9.91. The second-order valence-electron chi connectivity index (χ2n) is 7.40. The van der Waals surface area contributed by atoms with E-state index >= 15 is 0 Å². The number of esters is 1. The van der Waals surface area contributed by atoms with E-state index in [2.05, 4.69) is 36.1 Å². The van der Waals surface area contributed by atoms with E-state index in [9.17, 15) is 4.79 Å². The van der Waals surface area contributed by atoms with E-state index in [0.29, 0.717) is 12.5 Å². The van der Waals surface area contributed by atoms with Crippen molar-refractivity contribution in [3.63, 3.8) is 0 Å². The van der Waals surface area contributed by atoms with Gasteiger partial charge in [-0.1, -0.05) is 44.2 Å². The maximum Gasteiger partial charge on any atom is 0.311 e. The maximum atomic E-state index is 12.1. The summed E-state index contributed by atoms with van der Waals surface area (Å²) in [5, 5.41) is 0. The first-order valence-electron chi connectivity index (χ1n) is 9.91. The van der Waals surface area contributed by atoms with Crippen molar-refractivity contribution in [3.8, 4) is 16.9 Å². The summed E-state index contributed by atoms with van der Waals surface area (Å²) in [6, 6.07) is 13.2. The van der Waals surface area contributed by atoms with Gasteiger partial charge in [-0.2, -0.15) is 0 Å². The summed E-state index contributed by atoms with van der Waals surface area (Å²) in [5.41, 5.74) is 6.60. The lowest BCUT2D eigenvalue weighted by Crippen LogP contribution is -2.38. The molecule has 2 aromatic carbocycles. The minimum atomic E-state index is -0.138. The number of ether oxygens (including phenoxy) is 1. The van der Waals surface area contributed by atoms with Gasteiger partial charge in [-0.05, 0) is 60.5 Å². The van der Waals surface area contributed by atoms with Crippen molar-refractivity contribution >= 4 is 5.97 Å². The quantitative estimate of drug-likeness (QED) is 0.566. The fourth-order valence-electron chi connectivity index (χ4n) is 4.55. The number of hydrogen-bond donors (Lipinski definition) is 0. The molecule has 0 saturated heterocycles. The highest BCUT2D eigenvalue weighted by molar-refractivity contribution is 5.83. The number of rotatable bonds is 5. The standard InChI is InChI=1S/C23H27NO2/c1-3-7-21(25)26-20-11-6-9-17-15-19-22-16(12-14-24(19)13-4-2)8-5-10-18(22)23(17)20/h5-6,8-11,19H,3-4,7,12-15H2,1-2H3. The van der Waals surface area contributed by atoms with Crippen LogP contribution in [-0.2, 0) is 17.6 Å². The predicted octanol–water partition coefficient (Wildman–Crippen LogP) is 4.92. The summed E-state index contributed by atoms with van der Waals surface area (Å²) >= 11 is 0.